The lowest BCUT2D eigenvalue weighted by Crippen LogP contribution is -2.17. The molecule has 7 nitrogen and oxygen atoms in total. The summed E-state index contributed by atoms with van der Waals surface area (Å²) in [5.41, 5.74) is 4.36. The van der Waals surface area contributed by atoms with Gasteiger partial charge in [-0.3, -0.25) is 9.59 Å². The molecule has 37 heavy (non-hydrogen) atoms. The molecule has 7 heteroatoms. The second-order valence-corrected chi connectivity index (χ2v) is 8.21. The first kappa shape index (κ1) is 23.6. The zero-order valence-corrected chi connectivity index (χ0v) is 20.1. The molecule has 2 amide bonds. The number of anilines is 2. The van der Waals surface area contributed by atoms with Crippen molar-refractivity contribution in [2.45, 2.75) is 0 Å². The lowest BCUT2D eigenvalue weighted by Gasteiger charge is -2.11. The van der Waals surface area contributed by atoms with Gasteiger partial charge < -0.3 is 15.4 Å². The van der Waals surface area contributed by atoms with E-state index in [0.29, 0.717) is 34.1 Å². The maximum atomic E-state index is 13.3. The molecule has 5 rings (SSSR count). The molecule has 1 aromatic heterocycles. The number of carbonyl (C=O) groups is 2. The molecule has 0 unspecified atom stereocenters. The van der Waals surface area contributed by atoms with Gasteiger partial charge in [-0.05, 0) is 54.6 Å². The zero-order chi connectivity index (χ0) is 25.6. The Balaban J connectivity index is 1.36. The van der Waals surface area contributed by atoms with Crippen molar-refractivity contribution in [3.8, 4) is 22.7 Å². The molecular formula is C30H24N4O3. The summed E-state index contributed by atoms with van der Waals surface area (Å²) in [4.78, 5) is 26.0. The Morgan fingerprint density at radius 1 is 0.730 bits per heavy atom. The Bertz CT molecular complexity index is 1530. The molecule has 5 aromatic rings. The summed E-state index contributed by atoms with van der Waals surface area (Å²) >= 11 is 0. The van der Waals surface area contributed by atoms with E-state index in [9.17, 15) is 9.59 Å². The Morgan fingerprint density at radius 3 is 2.08 bits per heavy atom. The van der Waals surface area contributed by atoms with E-state index in [4.69, 9.17) is 9.84 Å². The third kappa shape index (κ3) is 5.26. The Kier molecular flexibility index (Phi) is 6.76. The normalized spacial score (nSPS) is 10.5. The van der Waals surface area contributed by atoms with Gasteiger partial charge in [0, 0.05) is 16.8 Å². The fourth-order valence-electron chi connectivity index (χ4n) is 3.90. The third-order valence-corrected chi connectivity index (χ3v) is 5.77. The number of rotatable bonds is 7. The number of para-hydroxylation sites is 3. The lowest BCUT2D eigenvalue weighted by atomic mass is 10.1. The highest BCUT2D eigenvalue weighted by atomic mass is 16.5. The SMILES string of the molecule is COc1ccccc1NC(=O)c1ccc(NC(=O)c2cc(-c3ccccc3)nn2-c2ccccc2)cc1. The second-order valence-electron chi connectivity index (χ2n) is 8.21. The molecule has 0 saturated carbocycles. The van der Waals surface area contributed by atoms with E-state index in [0.717, 1.165) is 11.3 Å². The number of aromatic nitrogens is 2. The Hall–Kier alpha value is -5.17. The summed E-state index contributed by atoms with van der Waals surface area (Å²) in [5, 5.41) is 10.5. The number of nitrogens with zero attached hydrogens (tertiary/aromatic N) is 2. The van der Waals surface area contributed by atoms with Crippen LogP contribution in [0.2, 0.25) is 0 Å². The molecule has 4 aromatic carbocycles. The molecular weight excluding hydrogens is 464 g/mol. The van der Waals surface area contributed by atoms with Crippen LogP contribution in [0.25, 0.3) is 16.9 Å². The van der Waals surface area contributed by atoms with Crippen LogP contribution in [0.3, 0.4) is 0 Å². The first-order chi connectivity index (χ1) is 18.1. The zero-order valence-electron chi connectivity index (χ0n) is 20.1. The summed E-state index contributed by atoms with van der Waals surface area (Å²) in [6, 6.07) is 34.9. The van der Waals surface area contributed by atoms with Gasteiger partial charge >= 0.3 is 0 Å². The lowest BCUT2D eigenvalue weighted by molar-refractivity contribution is 0.101. The summed E-state index contributed by atoms with van der Waals surface area (Å²) in [5.74, 6) is -0.0218. The van der Waals surface area contributed by atoms with Gasteiger partial charge in [0.15, 0.2) is 0 Å². The molecule has 0 aliphatic rings. The summed E-state index contributed by atoms with van der Waals surface area (Å²) < 4.78 is 6.92. The van der Waals surface area contributed by atoms with E-state index in [1.54, 1.807) is 54.3 Å². The third-order valence-electron chi connectivity index (χ3n) is 5.77. The van der Waals surface area contributed by atoms with Crippen molar-refractivity contribution in [1.82, 2.24) is 9.78 Å². The maximum absolute atomic E-state index is 13.3. The highest BCUT2D eigenvalue weighted by Gasteiger charge is 2.18. The van der Waals surface area contributed by atoms with E-state index in [-0.39, 0.29) is 11.8 Å². The van der Waals surface area contributed by atoms with Gasteiger partial charge in [0.25, 0.3) is 11.8 Å². The van der Waals surface area contributed by atoms with Crippen molar-refractivity contribution in [3.05, 3.63) is 127 Å². The Morgan fingerprint density at radius 2 is 1.38 bits per heavy atom. The predicted octanol–water partition coefficient (Wildman–Crippen LogP) is 6.05. The molecule has 0 saturated heterocycles. The van der Waals surface area contributed by atoms with Crippen molar-refractivity contribution < 1.29 is 14.3 Å². The van der Waals surface area contributed by atoms with Gasteiger partial charge in [0.1, 0.15) is 11.4 Å². The summed E-state index contributed by atoms with van der Waals surface area (Å²) in [6.45, 7) is 0. The monoisotopic (exact) mass is 488 g/mol. The van der Waals surface area contributed by atoms with Crippen LogP contribution in [0.4, 0.5) is 11.4 Å². The van der Waals surface area contributed by atoms with E-state index in [1.807, 2.05) is 72.8 Å². The largest absolute Gasteiger partial charge is 0.495 e. The average Bonchev–Trinajstić information content (AvgIpc) is 3.41. The van der Waals surface area contributed by atoms with Gasteiger partial charge in [0.2, 0.25) is 0 Å². The number of amides is 2. The quantitative estimate of drug-likeness (QED) is 0.292. The number of hydrogen-bond acceptors (Lipinski definition) is 4. The van der Waals surface area contributed by atoms with Gasteiger partial charge in [-0.1, -0.05) is 60.7 Å². The van der Waals surface area contributed by atoms with E-state index >= 15 is 0 Å². The molecule has 0 bridgehead atoms. The van der Waals surface area contributed by atoms with Crippen molar-refractivity contribution in [2.24, 2.45) is 0 Å². The highest BCUT2D eigenvalue weighted by molar-refractivity contribution is 6.06. The first-order valence-corrected chi connectivity index (χ1v) is 11.7. The van der Waals surface area contributed by atoms with Crippen LogP contribution in [0, 0.1) is 0 Å². The number of methoxy groups -OCH3 is 1. The van der Waals surface area contributed by atoms with Crippen molar-refractivity contribution in [2.75, 3.05) is 17.7 Å². The summed E-state index contributed by atoms with van der Waals surface area (Å²) in [7, 11) is 1.55. The van der Waals surface area contributed by atoms with Crippen molar-refractivity contribution in [3.63, 3.8) is 0 Å². The fourth-order valence-corrected chi connectivity index (χ4v) is 3.90. The molecule has 182 valence electrons. The van der Waals surface area contributed by atoms with Crippen LogP contribution in [-0.2, 0) is 0 Å². The molecule has 0 aliphatic carbocycles. The molecule has 0 spiro atoms. The van der Waals surface area contributed by atoms with Crippen LogP contribution in [-0.4, -0.2) is 28.7 Å². The standard InChI is InChI=1S/C30H24N4O3/c1-37-28-15-9-8-14-25(28)32-29(35)22-16-18-23(19-17-22)31-30(36)27-20-26(21-10-4-2-5-11-21)33-34(27)24-12-6-3-7-13-24/h2-20H,1H3,(H,31,36)(H,32,35). The summed E-state index contributed by atoms with van der Waals surface area (Å²) in [6.07, 6.45) is 0. The number of benzene rings is 4. The van der Waals surface area contributed by atoms with Crippen LogP contribution in [0.15, 0.2) is 115 Å². The van der Waals surface area contributed by atoms with Gasteiger partial charge in [-0.25, -0.2) is 4.68 Å². The van der Waals surface area contributed by atoms with E-state index in [1.165, 1.54) is 0 Å². The minimum Gasteiger partial charge on any atom is -0.495 e. The number of carbonyl (C=O) groups excluding carboxylic acids is 2. The van der Waals surface area contributed by atoms with Crippen LogP contribution in [0.1, 0.15) is 20.8 Å². The smallest absolute Gasteiger partial charge is 0.274 e. The molecule has 0 aliphatic heterocycles. The average molecular weight is 489 g/mol. The fraction of sp³-hybridized carbons (Fsp3) is 0.0333. The van der Waals surface area contributed by atoms with Gasteiger partial charge in [0.05, 0.1) is 24.2 Å². The van der Waals surface area contributed by atoms with Crippen molar-refractivity contribution >= 4 is 23.2 Å². The van der Waals surface area contributed by atoms with E-state index < -0.39 is 0 Å². The molecule has 1 heterocycles. The Labute approximate surface area is 214 Å². The van der Waals surface area contributed by atoms with Gasteiger partial charge in [-0.2, -0.15) is 5.10 Å². The molecule has 0 atom stereocenters. The number of nitrogens with one attached hydrogen (secondary N) is 2. The van der Waals surface area contributed by atoms with Gasteiger partial charge in [-0.15, -0.1) is 0 Å². The molecule has 0 fully saturated rings. The van der Waals surface area contributed by atoms with Crippen LogP contribution in [0.5, 0.6) is 5.75 Å². The predicted molar refractivity (Wildman–Crippen MR) is 144 cm³/mol. The first-order valence-electron chi connectivity index (χ1n) is 11.7. The number of ether oxygens (including phenoxy) is 1. The topological polar surface area (TPSA) is 85.2 Å². The highest BCUT2D eigenvalue weighted by Crippen LogP contribution is 2.25. The van der Waals surface area contributed by atoms with E-state index in [2.05, 4.69) is 10.6 Å². The van der Waals surface area contributed by atoms with Crippen molar-refractivity contribution in [1.29, 1.82) is 0 Å². The molecule has 2 N–H and O–H groups in total. The molecule has 0 radical (unpaired) electrons. The maximum Gasteiger partial charge on any atom is 0.274 e. The minimum atomic E-state index is -0.315. The van der Waals surface area contributed by atoms with Crippen LogP contribution < -0.4 is 15.4 Å². The number of hydrogen-bond donors (Lipinski definition) is 2. The second kappa shape index (κ2) is 10.6. The van der Waals surface area contributed by atoms with Crippen LogP contribution >= 0.6 is 0 Å². The minimum absolute atomic E-state index is 0.281.